The summed E-state index contributed by atoms with van der Waals surface area (Å²) in [6, 6.07) is 9.38. The zero-order valence-corrected chi connectivity index (χ0v) is 21.1. The number of benzene rings is 1. The summed E-state index contributed by atoms with van der Waals surface area (Å²) in [6.07, 6.45) is 4.11. The highest BCUT2D eigenvalue weighted by Crippen LogP contribution is 2.40. The molecule has 0 aliphatic heterocycles. The molecule has 2 N–H and O–H groups in total. The van der Waals surface area contributed by atoms with Gasteiger partial charge in [-0.2, -0.15) is 0 Å². The van der Waals surface area contributed by atoms with Crippen LogP contribution in [0, 0.1) is 19.8 Å². The number of ether oxygens (including phenoxy) is 1. The van der Waals surface area contributed by atoms with Gasteiger partial charge in [0, 0.05) is 41.5 Å². The molecule has 8 nitrogen and oxygen atoms in total. The minimum absolute atomic E-state index is 0.503. The highest BCUT2D eigenvalue weighted by atomic mass is 35.5. The van der Waals surface area contributed by atoms with E-state index in [1.807, 2.05) is 44.2 Å². The van der Waals surface area contributed by atoms with Gasteiger partial charge in [-0.15, -0.1) is 5.10 Å². The van der Waals surface area contributed by atoms with E-state index in [0.717, 1.165) is 34.8 Å². The largest absolute Gasteiger partial charge is 0.481 e. The van der Waals surface area contributed by atoms with Crippen LogP contribution < -0.4 is 10.1 Å². The van der Waals surface area contributed by atoms with Crippen LogP contribution in [0.25, 0.3) is 10.9 Å². The maximum absolute atomic E-state index is 12.4. The van der Waals surface area contributed by atoms with E-state index < -0.39 is 5.60 Å². The predicted molar refractivity (Wildman–Crippen MR) is 135 cm³/mol. The Morgan fingerprint density at radius 2 is 2.00 bits per heavy atom. The molecule has 4 aromatic rings. The monoisotopic (exact) mass is 492 g/mol. The summed E-state index contributed by atoms with van der Waals surface area (Å²) in [5, 5.41) is 25.2. The van der Waals surface area contributed by atoms with Crippen molar-refractivity contribution in [3.05, 3.63) is 75.3 Å². The van der Waals surface area contributed by atoms with E-state index in [2.05, 4.69) is 20.6 Å². The van der Waals surface area contributed by atoms with Gasteiger partial charge in [0.15, 0.2) is 5.60 Å². The molecule has 0 radical (unpaired) electrons. The van der Waals surface area contributed by atoms with Crippen molar-refractivity contribution < 1.29 is 9.84 Å². The topological polar surface area (TPSA) is 98.0 Å². The van der Waals surface area contributed by atoms with E-state index in [-0.39, 0.29) is 0 Å². The highest BCUT2D eigenvalue weighted by Gasteiger charge is 2.39. The van der Waals surface area contributed by atoms with Gasteiger partial charge >= 0.3 is 0 Å². The SMILES string of the molecule is COc1nc2ccc(C(O)(c3ccc(C)nc3C)c3cnnn3C)cc2c(Cl)c1CNCC1CC1. The third kappa shape index (κ3) is 4.26. The van der Waals surface area contributed by atoms with E-state index in [4.69, 9.17) is 21.3 Å². The fraction of sp³-hybridized carbons (Fsp3) is 0.385. The van der Waals surface area contributed by atoms with Crippen molar-refractivity contribution in [1.29, 1.82) is 0 Å². The molecule has 9 heteroatoms. The minimum atomic E-state index is -1.55. The first kappa shape index (κ1) is 23.7. The first-order valence-corrected chi connectivity index (χ1v) is 12.1. The second kappa shape index (κ2) is 9.18. The lowest BCUT2D eigenvalue weighted by Gasteiger charge is -2.30. The summed E-state index contributed by atoms with van der Waals surface area (Å²) in [6.45, 7) is 5.32. The zero-order valence-electron chi connectivity index (χ0n) is 20.3. The predicted octanol–water partition coefficient (Wildman–Crippen LogP) is 3.82. The molecule has 182 valence electrons. The molecule has 0 amide bonds. The maximum Gasteiger partial charge on any atom is 0.219 e. The van der Waals surface area contributed by atoms with Crippen LogP contribution in [0.5, 0.6) is 5.88 Å². The standard InChI is InChI=1S/C26H29ClN6O2/c1-15-5-9-21(16(2)30-15)26(34,23-14-29-32-33(23)3)18-8-10-22-19(11-18)24(27)20(25(31-22)35-4)13-28-12-17-6-7-17/h5,8-11,14,17,28,34H,6-7,12-13H2,1-4H3. The summed E-state index contributed by atoms with van der Waals surface area (Å²) < 4.78 is 7.14. The average Bonchev–Trinajstić information content (AvgIpc) is 3.57. The van der Waals surface area contributed by atoms with Gasteiger partial charge in [-0.3, -0.25) is 4.98 Å². The first-order valence-electron chi connectivity index (χ1n) is 11.7. The van der Waals surface area contributed by atoms with Gasteiger partial charge in [-0.25, -0.2) is 9.67 Å². The second-order valence-electron chi connectivity index (χ2n) is 9.26. The van der Waals surface area contributed by atoms with Gasteiger partial charge in [0.25, 0.3) is 0 Å². The van der Waals surface area contributed by atoms with Gasteiger partial charge in [0.1, 0.15) is 0 Å². The molecule has 0 spiro atoms. The van der Waals surface area contributed by atoms with E-state index in [9.17, 15) is 5.11 Å². The van der Waals surface area contributed by atoms with Crippen LogP contribution in [-0.2, 0) is 19.2 Å². The molecule has 1 aliphatic carbocycles. The molecule has 35 heavy (non-hydrogen) atoms. The van der Waals surface area contributed by atoms with Crippen LogP contribution in [0.4, 0.5) is 0 Å². The maximum atomic E-state index is 12.4. The van der Waals surface area contributed by atoms with Crippen LogP contribution in [0.2, 0.25) is 5.02 Å². The molecule has 5 rings (SSSR count). The third-order valence-corrected chi connectivity index (χ3v) is 7.15. The second-order valence-corrected chi connectivity index (χ2v) is 9.64. The Balaban J connectivity index is 1.67. The molecule has 1 saturated carbocycles. The number of methoxy groups -OCH3 is 1. The zero-order chi connectivity index (χ0) is 24.7. The van der Waals surface area contributed by atoms with E-state index >= 15 is 0 Å². The number of nitrogens with zero attached hydrogens (tertiary/aromatic N) is 5. The Morgan fingerprint density at radius 1 is 1.20 bits per heavy atom. The summed E-state index contributed by atoms with van der Waals surface area (Å²) in [5.74, 6) is 1.25. The lowest BCUT2D eigenvalue weighted by Crippen LogP contribution is -2.32. The summed E-state index contributed by atoms with van der Waals surface area (Å²) in [4.78, 5) is 9.30. The number of pyridine rings is 2. The number of aliphatic hydroxyl groups is 1. The van der Waals surface area contributed by atoms with Crippen LogP contribution in [0.1, 0.15) is 46.6 Å². The Morgan fingerprint density at radius 3 is 2.66 bits per heavy atom. The minimum Gasteiger partial charge on any atom is -0.481 e. The van der Waals surface area contributed by atoms with Crippen molar-refractivity contribution in [3.63, 3.8) is 0 Å². The Kier molecular flexibility index (Phi) is 6.21. The first-order chi connectivity index (χ1) is 16.8. The van der Waals surface area contributed by atoms with Gasteiger partial charge in [-0.1, -0.05) is 28.9 Å². The summed E-state index contributed by atoms with van der Waals surface area (Å²) >= 11 is 6.95. The van der Waals surface area contributed by atoms with Crippen LogP contribution in [0.3, 0.4) is 0 Å². The Labute approximate surface area is 209 Å². The quantitative estimate of drug-likeness (QED) is 0.386. The number of hydrogen-bond donors (Lipinski definition) is 2. The van der Waals surface area contributed by atoms with E-state index in [0.29, 0.717) is 39.8 Å². The smallest absolute Gasteiger partial charge is 0.219 e. The fourth-order valence-electron chi connectivity index (χ4n) is 4.64. The van der Waals surface area contributed by atoms with E-state index in [1.165, 1.54) is 12.8 Å². The Hall–Kier alpha value is -3.07. The molecule has 1 unspecified atom stereocenters. The number of hydrogen-bond acceptors (Lipinski definition) is 7. The molecule has 3 heterocycles. The molecule has 0 saturated heterocycles. The van der Waals surface area contributed by atoms with Crippen molar-refractivity contribution >= 4 is 22.5 Å². The van der Waals surface area contributed by atoms with E-state index in [1.54, 1.807) is 25.0 Å². The molecule has 1 aromatic carbocycles. The van der Waals surface area contributed by atoms with Gasteiger partial charge in [0.05, 0.1) is 29.5 Å². The van der Waals surface area contributed by atoms with Crippen LogP contribution in [-0.4, -0.2) is 43.7 Å². The molecular weight excluding hydrogens is 464 g/mol. The van der Waals surface area contributed by atoms with Crippen LogP contribution in [0.15, 0.2) is 36.5 Å². The Bertz CT molecular complexity index is 1400. The number of rotatable bonds is 8. The van der Waals surface area contributed by atoms with Gasteiger partial charge in [0.2, 0.25) is 5.88 Å². The number of aryl methyl sites for hydroxylation is 3. The molecule has 1 atom stereocenters. The van der Waals surface area contributed by atoms with Crippen molar-refractivity contribution in [1.82, 2.24) is 30.3 Å². The number of halogens is 1. The summed E-state index contributed by atoms with van der Waals surface area (Å²) in [7, 11) is 3.36. The lowest BCUT2D eigenvalue weighted by atomic mass is 9.82. The molecule has 3 aromatic heterocycles. The van der Waals surface area contributed by atoms with Crippen molar-refractivity contribution in [2.75, 3.05) is 13.7 Å². The average molecular weight is 493 g/mol. The fourth-order valence-corrected chi connectivity index (χ4v) is 4.94. The number of aromatic nitrogens is 5. The van der Waals surface area contributed by atoms with Crippen LogP contribution >= 0.6 is 11.6 Å². The number of nitrogens with one attached hydrogen (secondary N) is 1. The van der Waals surface area contributed by atoms with Crippen molar-refractivity contribution in [3.8, 4) is 5.88 Å². The number of fused-ring (bicyclic) bond motifs is 1. The molecule has 1 aliphatic rings. The third-order valence-electron chi connectivity index (χ3n) is 6.72. The highest BCUT2D eigenvalue weighted by molar-refractivity contribution is 6.36. The lowest BCUT2D eigenvalue weighted by molar-refractivity contribution is 0.115. The van der Waals surface area contributed by atoms with Crippen molar-refractivity contribution in [2.45, 2.75) is 38.8 Å². The molecule has 1 fully saturated rings. The molecular formula is C26H29ClN6O2. The summed E-state index contributed by atoms with van der Waals surface area (Å²) in [5.41, 5.74) is 3.33. The van der Waals surface area contributed by atoms with Crippen molar-refractivity contribution in [2.24, 2.45) is 13.0 Å². The van der Waals surface area contributed by atoms with Gasteiger partial charge in [-0.05, 0) is 62.9 Å². The molecule has 0 bridgehead atoms. The van der Waals surface area contributed by atoms with Gasteiger partial charge < -0.3 is 15.2 Å². The normalized spacial score (nSPS) is 15.4.